The molecule has 27 heavy (non-hydrogen) atoms. The average molecular weight is 363 g/mol. The zero-order valence-corrected chi connectivity index (χ0v) is 15.8. The normalized spacial score (nSPS) is 15.1. The molecule has 0 bridgehead atoms. The quantitative estimate of drug-likeness (QED) is 0.850. The number of hydrogen-bond acceptors (Lipinski definition) is 3. The summed E-state index contributed by atoms with van der Waals surface area (Å²) in [7, 11) is 2.05. The van der Waals surface area contributed by atoms with Gasteiger partial charge in [-0.3, -0.25) is 9.59 Å². The molecule has 1 N–H and O–H groups in total. The standard InChI is InChI=1S/C22H25N3O2/c1-17-7-9-18(10-8-17)11-12-21(26)23-20-6-4-3-5-19(20)22(27)25-15-13-24(2)14-16-25/h3-12H,13-16H2,1-2H3,(H,23,26). The molecule has 0 radical (unpaired) electrons. The van der Waals surface area contributed by atoms with E-state index >= 15 is 0 Å². The van der Waals surface area contributed by atoms with Crippen molar-refractivity contribution < 1.29 is 9.59 Å². The molecular formula is C22H25N3O2. The SMILES string of the molecule is Cc1ccc(C=CC(=O)Nc2ccccc2C(=O)N2CCN(C)CC2)cc1. The largest absolute Gasteiger partial charge is 0.336 e. The highest BCUT2D eigenvalue weighted by atomic mass is 16.2. The molecule has 1 saturated heterocycles. The maximum Gasteiger partial charge on any atom is 0.256 e. The molecule has 0 saturated carbocycles. The van der Waals surface area contributed by atoms with Crippen LogP contribution >= 0.6 is 0 Å². The molecule has 1 aliphatic heterocycles. The van der Waals surface area contributed by atoms with Crippen LogP contribution in [0.4, 0.5) is 5.69 Å². The predicted octanol–water partition coefficient (Wildman–Crippen LogP) is 3.03. The third kappa shape index (κ3) is 5.05. The molecule has 1 aliphatic rings. The van der Waals surface area contributed by atoms with Crippen LogP contribution in [0, 0.1) is 6.92 Å². The van der Waals surface area contributed by atoms with Gasteiger partial charge in [0, 0.05) is 32.3 Å². The lowest BCUT2D eigenvalue weighted by molar-refractivity contribution is -0.111. The summed E-state index contributed by atoms with van der Waals surface area (Å²) in [5, 5.41) is 2.84. The van der Waals surface area contributed by atoms with Crippen molar-refractivity contribution >= 4 is 23.6 Å². The number of aryl methyl sites for hydroxylation is 1. The van der Waals surface area contributed by atoms with Crippen molar-refractivity contribution in [1.82, 2.24) is 9.80 Å². The van der Waals surface area contributed by atoms with E-state index in [9.17, 15) is 9.59 Å². The Labute approximate surface area is 160 Å². The van der Waals surface area contributed by atoms with Crippen molar-refractivity contribution in [2.24, 2.45) is 0 Å². The minimum Gasteiger partial charge on any atom is -0.336 e. The van der Waals surface area contributed by atoms with Crippen LogP contribution in [0.25, 0.3) is 6.08 Å². The summed E-state index contributed by atoms with van der Waals surface area (Å²) in [6, 6.07) is 15.1. The summed E-state index contributed by atoms with van der Waals surface area (Å²) in [5.41, 5.74) is 3.20. The van der Waals surface area contributed by atoms with Gasteiger partial charge in [0.25, 0.3) is 5.91 Å². The van der Waals surface area contributed by atoms with Crippen molar-refractivity contribution in [3.05, 3.63) is 71.3 Å². The Kier molecular flexibility index (Phi) is 6.04. The first-order chi connectivity index (χ1) is 13.0. The molecular weight excluding hydrogens is 338 g/mol. The fourth-order valence-electron chi connectivity index (χ4n) is 2.98. The lowest BCUT2D eigenvalue weighted by Crippen LogP contribution is -2.47. The summed E-state index contributed by atoms with van der Waals surface area (Å²) in [6.07, 6.45) is 3.25. The summed E-state index contributed by atoms with van der Waals surface area (Å²) < 4.78 is 0. The Morgan fingerprint density at radius 2 is 1.63 bits per heavy atom. The van der Waals surface area contributed by atoms with Crippen molar-refractivity contribution in [3.8, 4) is 0 Å². The van der Waals surface area contributed by atoms with Crippen LogP contribution in [0.1, 0.15) is 21.5 Å². The number of carbonyl (C=O) groups is 2. The number of carbonyl (C=O) groups excluding carboxylic acids is 2. The maximum absolute atomic E-state index is 12.9. The van der Waals surface area contributed by atoms with Gasteiger partial charge in [-0.1, -0.05) is 42.0 Å². The second kappa shape index (κ2) is 8.64. The van der Waals surface area contributed by atoms with Crippen molar-refractivity contribution in [2.75, 3.05) is 38.5 Å². The van der Waals surface area contributed by atoms with Gasteiger partial charge in [-0.15, -0.1) is 0 Å². The number of para-hydroxylation sites is 1. The van der Waals surface area contributed by atoms with Crippen molar-refractivity contribution in [1.29, 1.82) is 0 Å². The number of benzene rings is 2. The van der Waals surface area contributed by atoms with Crippen LogP contribution in [0.15, 0.2) is 54.6 Å². The second-order valence-electron chi connectivity index (χ2n) is 6.87. The van der Waals surface area contributed by atoms with E-state index in [-0.39, 0.29) is 11.8 Å². The summed E-state index contributed by atoms with van der Waals surface area (Å²) in [4.78, 5) is 29.2. The Morgan fingerprint density at radius 1 is 0.963 bits per heavy atom. The fraction of sp³-hybridized carbons (Fsp3) is 0.273. The highest BCUT2D eigenvalue weighted by Crippen LogP contribution is 2.18. The van der Waals surface area contributed by atoms with Gasteiger partial charge >= 0.3 is 0 Å². The average Bonchev–Trinajstić information content (AvgIpc) is 2.68. The van der Waals surface area contributed by atoms with Gasteiger partial charge in [0.05, 0.1) is 11.3 Å². The molecule has 0 spiro atoms. The zero-order chi connectivity index (χ0) is 19.2. The number of rotatable bonds is 4. The highest BCUT2D eigenvalue weighted by Gasteiger charge is 2.22. The molecule has 2 aromatic carbocycles. The predicted molar refractivity (Wildman–Crippen MR) is 109 cm³/mol. The van der Waals surface area contributed by atoms with Crippen LogP contribution in [-0.4, -0.2) is 54.8 Å². The Balaban J connectivity index is 1.69. The Bertz CT molecular complexity index is 835. The van der Waals surface area contributed by atoms with Gasteiger partial charge in [0.15, 0.2) is 0 Å². The van der Waals surface area contributed by atoms with Crippen molar-refractivity contribution in [3.63, 3.8) is 0 Å². The van der Waals surface area contributed by atoms with Crippen LogP contribution in [0.5, 0.6) is 0 Å². The smallest absolute Gasteiger partial charge is 0.256 e. The second-order valence-corrected chi connectivity index (χ2v) is 6.87. The fourth-order valence-corrected chi connectivity index (χ4v) is 2.98. The maximum atomic E-state index is 12.9. The van der Waals surface area contributed by atoms with E-state index in [0.717, 1.165) is 18.7 Å². The summed E-state index contributed by atoms with van der Waals surface area (Å²) in [5.74, 6) is -0.296. The van der Waals surface area contributed by atoms with E-state index < -0.39 is 0 Å². The first-order valence-corrected chi connectivity index (χ1v) is 9.15. The monoisotopic (exact) mass is 363 g/mol. The topological polar surface area (TPSA) is 52.7 Å². The molecule has 140 valence electrons. The number of amides is 2. The third-order valence-electron chi connectivity index (χ3n) is 4.71. The van der Waals surface area contributed by atoms with Crippen LogP contribution in [-0.2, 0) is 4.79 Å². The molecule has 0 atom stereocenters. The summed E-state index contributed by atoms with van der Waals surface area (Å²) in [6.45, 7) is 5.14. The van der Waals surface area contributed by atoms with E-state index in [1.165, 1.54) is 11.6 Å². The van der Waals surface area contributed by atoms with Gasteiger partial charge in [0.1, 0.15) is 0 Å². The summed E-state index contributed by atoms with van der Waals surface area (Å²) >= 11 is 0. The molecule has 0 aliphatic carbocycles. The van der Waals surface area contributed by atoms with Gasteiger partial charge in [-0.05, 0) is 37.7 Å². The number of nitrogens with zero attached hydrogens (tertiary/aromatic N) is 2. The molecule has 0 unspecified atom stereocenters. The Hall–Kier alpha value is -2.92. The van der Waals surface area contributed by atoms with Crippen LogP contribution < -0.4 is 5.32 Å². The number of hydrogen-bond donors (Lipinski definition) is 1. The van der Waals surface area contributed by atoms with Gasteiger partial charge in [0.2, 0.25) is 5.91 Å². The lowest BCUT2D eigenvalue weighted by atomic mass is 10.1. The van der Waals surface area contributed by atoms with Crippen LogP contribution in [0.2, 0.25) is 0 Å². The van der Waals surface area contributed by atoms with Gasteiger partial charge < -0.3 is 15.1 Å². The molecule has 1 heterocycles. The van der Waals surface area contributed by atoms with Crippen molar-refractivity contribution in [2.45, 2.75) is 6.92 Å². The Morgan fingerprint density at radius 3 is 2.33 bits per heavy atom. The molecule has 2 aromatic rings. The molecule has 3 rings (SSSR count). The molecule has 5 heteroatoms. The van der Waals surface area contributed by atoms with Gasteiger partial charge in [-0.25, -0.2) is 0 Å². The minimum absolute atomic E-state index is 0.0403. The number of anilines is 1. The van der Waals surface area contributed by atoms with E-state index in [2.05, 4.69) is 17.3 Å². The molecule has 5 nitrogen and oxygen atoms in total. The van der Waals surface area contributed by atoms with Crippen LogP contribution in [0.3, 0.4) is 0 Å². The number of likely N-dealkylation sites (N-methyl/N-ethyl adjacent to an activating group) is 1. The number of piperazine rings is 1. The highest BCUT2D eigenvalue weighted by molar-refractivity contribution is 6.07. The number of nitrogens with one attached hydrogen (secondary N) is 1. The zero-order valence-electron chi connectivity index (χ0n) is 15.8. The lowest BCUT2D eigenvalue weighted by Gasteiger charge is -2.32. The van der Waals surface area contributed by atoms with Gasteiger partial charge in [-0.2, -0.15) is 0 Å². The third-order valence-corrected chi connectivity index (χ3v) is 4.71. The first kappa shape index (κ1) is 18.9. The molecule has 0 aromatic heterocycles. The van der Waals surface area contributed by atoms with E-state index in [4.69, 9.17) is 0 Å². The van der Waals surface area contributed by atoms with E-state index in [1.54, 1.807) is 18.2 Å². The first-order valence-electron chi connectivity index (χ1n) is 9.15. The van der Waals surface area contributed by atoms with E-state index in [0.29, 0.717) is 24.3 Å². The minimum atomic E-state index is -0.255. The van der Waals surface area contributed by atoms with E-state index in [1.807, 2.05) is 48.2 Å². The molecule has 1 fully saturated rings. The molecule has 2 amide bonds.